The van der Waals surface area contributed by atoms with E-state index in [9.17, 15) is 8.78 Å². The molecule has 1 atom stereocenters. The summed E-state index contributed by atoms with van der Waals surface area (Å²) in [6.07, 6.45) is 2.39. The van der Waals surface area contributed by atoms with Crippen molar-refractivity contribution in [3.63, 3.8) is 0 Å². The van der Waals surface area contributed by atoms with E-state index in [2.05, 4.69) is 29.2 Å². The number of nitrogens with zero attached hydrogens (tertiary/aromatic N) is 1. The molecule has 1 heterocycles. The van der Waals surface area contributed by atoms with Gasteiger partial charge >= 0.3 is 0 Å². The Balaban J connectivity index is 1.55. The second-order valence-corrected chi connectivity index (χ2v) is 6.74. The SMILES string of the molecule is Fc1ccc(C2CN(Cc3ccccc3)CC23CC3)cc1F. The summed E-state index contributed by atoms with van der Waals surface area (Å²) >= 11 is 0. The maximum absolute atomic E-state index is 13.6. The van der Waals surface area contributed by atoms with Gasteiger partial charge in [0.25, 0.3) is 0 Å². The van der Waals surface area contributed by atoms with Crippen LogP contribution in [0.4, 0.5) is 8.78 Å². The van der Waals surface area contributed by atoms with Gasteiger partial charge < -0.3 is 0 Å². The molecule has 1 saturated heterocycles. The third kappa shape index (κ3) is 2.44. The van der Waals surface area contributed by atoms with E-state index in [-0.39, 0.29) is 0 Å². The zero-order valence-electron chi connectivity index (χ0n) is 12.4. The molecule has 114 valence electrons. The fraction of sp³-hybridized carbons (Fsp3) is 0.368. The standard InChI is InChI=1S/C19H19F2N/c20-17-7-6-15(10-18(17)21)16-12-22(13-19(16)8-9-19)11-14-4-2-1-3-5-14/h1-7,10,16H,8-9,11-13H2. The molecule has 2 aliphatic rings. The Morgan fingerprint density at radius 1 is 1.00 bits per heavy atom. The van der Waals surface area contributed by atoms with E-state index in [0.717, 1.165) is 25.2 Å². The molecule has 0 amide bonds. The van der Waals surface area contributed by atoms with Gasteiger partial charge in [-0.25, -0.2) is 8.78 Å². The van der Waals surface area contributed by atoms with Crippen molar-refractivity contribution in [3.05, 3.63) is 71.3 Å². The zero-order valence-corrected chi connectivity index (χ0v) is 12.4. The van der Waals surface area contributed by atoms with E-state index >= 15 is 0 Å². The van der Waals surface area contributed by atoms with Crippen LogP contribution in [-0.2, 0) is 6.54 Å². The zero-order chi connectivity index (χ0) is 15.2. The molecule has 1 nitrogen and oxygen atoms in total. The highest BCUT2D eigenvalue weighted by Gasteiger charge is 2.55. The first-order valence-electron chi connectivity index (χ1n) is 7.88. The summed E-state index contributed by atoms with van der Waals surface area (Å²) in [6, 6.07) is 14.9. The van der Waals surface area contributed by atoms with Crippen LogP contribution in [0.3, 0.4) is 0 Å². The van der Waals surface area contributed by atoms with Crippen LogP contribution in [0.5, 0.6) is 0 Å². The summed E-state index contributed by atoms with van der Waals surface area (Å²) in [7, 11) is 0. The van der Waals surface area contributed by atoms with Gasteiger partial charge in [0.2, 0.25) is 0 Å². The molecule has 22 heavy (non-hydrogen) atoms. The fourth-order valence-corrected chi connectivity index (χ4v) is 3.89. The Kier molecular flexibility index (Phi) is 3.26. The molecule has 4 rings (SSSR count). The third-order valence-electron chi connectivity index (χ3n) is 5.21. The smallest absolute Gasteiger partial charge is 0.159 e. The van der Waals surface area contributed by atoms with Gasteiger partial charge in [-0.1, -0.05) is 36.4 Å². The van der Waals surface area contributed by atoms with Crippen LogP contribution in [0, 0.1) is 17.0 Å². The molecule has 0 N–H and O–H groups in total. The summed E-state index contributed by atoms with van der Waals surface area (Å²) in [5.41, 5.74) is 2.55. The van der Waals surface area contributed by atoms with Crippen LogP contribution in [0.1, 0.15) is 29.9 Å². The van der Waals surface area contributed by atoms with Crippen LogP contribution in [0.15, 0.2) is 48.5 Å². The van der Waals surface area contributed by atoms with Gasteiger partial charge in [0.15, 0.2) is 11.6 Å². The predicted molar refractivity (Wildman–Crippen MR) is 82.5 cm³/mol. The van der Waals surface area contributed by atoms with Gasteiger partial charge in [-0.2, -0.15) is 0 Å². The molecule has 2 fully saturated rings. The number of rotatable bonds is 3. The quantitative estimate of drug-likeness (QED) is 0.814. The minimum absolute atomic E-state index is 0.291. The molecule has 2 aromatic carbocycles. The first-order chi connectivity index (χ1) is 10.7. The molecular formula is C19H19F2N. The summed E-state index contributed by atoms with van der Waals surface area (Å²) in [6.45, 7) is 2.92. The lowest BCUT2D eigenvalue weighted by Crippen LogP contribution is -2.20. The average molecular weight is 299 g/mol. The van der Waals surface area contributed by atoms with E-state index in [4.69, 9.17) is 0 Å². The normalized spacial score (nSPS) is 23.1. The van der Waals surface area contributed by atoms with Crippen LogP contribution in [0.25, 0.3) is 0 Å². The van der Waals surface area contributed by atoms with Gasteiger partial charge in [0, 0.05) is 25.6 Å². The number of likely N-dealkylation sites (tertiary alicyclic amines) is 1. The van der Waals surface area contributed by atoms with Crippen molar-refractivity contribution in [3.8, 4) is 0 Å². The Hall–Kier alpha value is -1.74. The van der Waals surface area contributed by atoms with Crippen molar-refractivity contribution in [2.24, 2.45) is 5.41 Å². The van der Waals surface area contributed by atoms with Crippen LogP contribution >= 0.6 is 0 Å². The first kappa shape index (κ1) is 13.9. The summed E-state index contributed by atoms with van der Waals surface area (Å²) in [5.74, 6) is -1.16. The second kappa shape index (κ2) is 5.17. The van der Waals surface area contributed by atoms with Crippen LogP contribution < -0.4 is 0 Å². The van der Waals surface area contributed by atoms with E-state index in [1.54, 1.807) is 6.07 Å². The fourth-order valence-electron chi connectivity index (χ4n) is 3.89. The molecule has 1 aliphatic carbocycles. The Labute approximate surface area is 129 Å². The molecule has 1 aliphatic heterocycles. The number of hydrogen-bond acceptors (Lipinski definition) is 1. The minimum atomic E-state index is -0.757. The topological polar surface area (TPSA) is 3.24 Å². The Morgan fingerprint density at radius 2 is 1.77 bits per heavy atom. The summed E-state index contributed by atoms with van der Waals surface area (Å²) in [5, 5.41) is 0. The molecule has 2 aromatic rings. The highest BCUT2D eigenvalue weighted by Crippen LogP contribution is 2.60. The lowest BCUT2D eigenvalue weighted by molar-refractivity contribution is 0.312. The van der Waals surface area contributed by atoms with Gasteiger partial charge in [-0.15, -0.1) is 0 Å². The Morgan fingerprint density at radius 3 is 2.45 bits per heavy atom. The monoisotopic (exact) mass is 299 g/mol. The first-order valence-corrected chi connectivity index (χ1v) is 7.88. The third-order valence-corrected chi connectivity index (χ3v) is 5.21. The van der Waals surface area contributed by atoms with Crippen molar-refractivity contribution in [1.29, 1.82) is 0 Å². The Bertz CT molecular complexity index is 679. The average Bonchev–Trinajstić information content (AvgIpc) is 3.19. The molecule has 0 bridgehead atoms. The predicted octanol–water partition coefficient (Wildman–Crippen LogP) is 4.34. The lowest BCUT2D eigenvalue weighted by atomic mass is 9.86. The van der Waals surface area contributed by atoms with Gasteiger partial charge in [0.1, 0.15) is 0 Å². The number of halogens is 2. The molecule has 1 spiro atoms. The lowest BCUT2D eigenvalue weighted by Gasteiger charge is -2.17. The van der Waals surface area contributed by atoms with Crippen molar-refractivity contribution in [1.82, 2.24) is 4.90 Å². The molecule has 0 aromatic heterocycles. The molecule has 1 unspecified atom stereocenters. The maximum Gasteiger partial charge on any atom is 0.159 e. The van der Waals surface area contributed by atoms with E-state index < -0.39 is 11.6 Å². The molecule has 1 saturated carbocycles. The van der Waals surface area contributed by atoms with Gasteiger partial charge in [-0.3, -0.25) is 4.90 Å². The largest absolute Gasteiger partial charge is 0.298 e. The van der Waals surface area contributed by atoms with Gasteiger partial charge in [0.05, 0.1) is 0 Å². The highest BCUT2D eigenvalue weighted by atomic mass is 19.2. The minimum Gasteiger partial charge on any atom is -0.298 e. The molecule has 3 heteroatoms. The summed E-state index contributed by atoms with van der Waals surface area (Å²) in [4.78, 5) is 2.45. The van der Waals surface area contributed by atoms with E-state index in [1.165, 1.54) is 30.5 Å². The van der Waals surface area contributed by atoms with Crippen molar-refractivity contribution >= 4 is 0 Å². The number of benzene rings is 2. The molecule has 0 radical (unpaired) electrons. The van der Waals surface area contributed by atoms with E-state index in [0.29, 0.717) is 11.3 Å². The van der Waals surface area contributed by atoms with Crippen molar-refractivity contribution < 1.29 is 8.78 Å². The summed E-state index contributed by atoms with van der Waals surface area (Å²) < 4.78 is 26.7. The van der Waals surface area contributed by atoms with Crippen molar-refractivity contribution in [2.45, 2.75) is 25.3 Å². The van der Waals surface area contributed by atoms with E-state index in [1.807, 2.05) is 6.07 Å². The highest BCUT2D eigenvalue weighted by molar-refractivity contribution is 5.29. The van der Waals surface area contributed by atoms with Crippen molar-refractivity contribution in [2.75, 3.05) is 13.1 Å². The van der Waals surface area contributed by atoms with Crippen LogP contribution in [0.2, 0.25) is 0 Å². The van der Waals surface area contributed by atoms with Gasteiger partial charge in [-0.05, 0) is 41.5 Å². The molecular weight excluding hydrogens is 280 g/mol. The maximum atomic E-state index is 13.6. The number of hydrogen-bond donors (Lipinski definition) is 0. The second-order valence-electron chi connectivity index (χ2n) is 6.74. The van der Waals surface area contributed by atoms with Crippen LogP contribution in [-0.4, -0.2) is 18.0 Å².